The largest absolute Gasteiger partial charge is 0.250 e. The zero-order valence-electron chi connectivity index (χ0n) is 4.78. The molecule has 46 valence electrons. The Kier molecular flexibility index (Phi) is 0.868. The summed E-state index contributed by atoms with van der Waals surface area (Å²) in [6.07, 6.45) is 5.29. The van der Waals surface area contributed by atoms with Gasteiger partial charge in [-0.05, 0) is 0 Å². The van der Waals surface area contributed by atoms with Gasteiger partial charge < -0.3 is 0 Å². The lowest BCUT2D eigenvalue weighted by molar-refractivity contribution is 0.506. The average Bonchev–Trinajstić information content (AvgIpc) is 2.33. The number of amidine groups is 1. The van der Waals surface area contributed by atoms with Gasteiger partial charge in [-0.15, -0.1) is 0 Å². The molecule has 0 radical (unpaired) electrons. The van der Waals surface area contributed by atoms with Crippen LogP contribution in [-0.2, 0) is 0 Å². The summed E-state index contributed by atoms with van der Waals surface area (Å²) < 4.78 is 0. The van der Waals surface area contributed by atoms with Crippen LogP contribution in [0.1, 0.15) is 0 Å². The third-order valence-corrected chi connectivity index (χ3v) is 1.22. The van der Waals surface area contributed by atoms with Crippen LogP contribution in [0.4, 0.5) is 0 Å². The van der Waals surface area contributed by atoms with Crippen molar-refractivity contribution in [2.24, 2.45) is 9.98 Å². The van der Waals surface area contributed by atoms with Gasteiger partial charge in [-0.3, -0.25) is 0 Å². The average molecular weight is 122 g/mol. The topological polar surface area (TPSA) is 40.0 Å². The molecule has 0 bridgehead atoms. The smallest absolute Gasteiger partial charge is 0.146 e. The van der Waals surface area contributed by atoms with Crippen molar-refractivity contribution in [3.63, 3.8) is 0 Å². The van der Waals surface area contributed by atoms with Crippen LogP contribution in [0.5, 0.6) is 0 Å². The fourth-order valence-corrected chi connectivity index (χ4v) is 0.798. The van der Waals surface area contributed by atoms with Crippen molar-refractivity contribution in [3.05, 3.63) is 12.3 Å². The summed E-state index contributed by atoms with van der Waals surface area (Å²) in [5.74, 6) is 0.935. The third-order valence-electron chi connectivity index (χ3n) is 1.22. The van der Waals surface area contributed by atoms with Crippen LogP contribution < -0.4 is 5.43 Å². The van der Waals surface area contributed by atoms with Crippen molar-refractivity contribution in [1.82, 2.24) is 10.4 Å². The summed E-state index contributed by atoms with van der Waals surface area (Å²) in [6, 6.07) is 0. The number of nitrogens with one attached hydrogen (secondary N) is 1. The third kappa shape index (κ3) is 0.639. The van der Waals surface area contributed by atoms with E-state index >= 15 is 0 Å². The van der Waals surface area contributed by atoms with Crippen molar-refractivity contribution in [3.8, 4) is 0 Å². The van der Waals surface area contributed by atoms with Crippen LogP contribution in [0, 0.1) is 0 Å². The van der Waals surface area contributed by atoms with Crippen LogP contribution in [-0.4, -0.2) is 23.9 Å². The van der Waals surface area contributed by atoms with E-state index in [1.54, 1.807) is 17.5 Å². The van der Waals surface area contributed by atoms with E-state index in [1.165, 1.54) is 0 Å². The number of fused-ring (bicyclic) bond motifs is 1. The molecule has 2 rings (SSSR count). The van der Waals surface area contributed by atoms with E-state index in [0.717, 1.165) is 5.84 Å². The highest BCUT2D eigenvalue weighted by atomic mass is 15.6. The molecule has 0 unspecified atom stereocenters. The summed E-state index contributed by atoms with van der Waals surface area (Å²) in [7, 11) is 0. The monoisotopic (exact) mass is 122 g/mol. The lowest BCUT2D eigenvalue weighted by Gasteiger charge is -2.12. The molecule has 2 aliphatic rings. The Morgan fingerprint density at radius 1 is 1.67 bits per heavy atom. The molecule has 0 atom stereocenters. The minimum Gasteiger partial charge on any atom is -0.250 e. The van der Waals surface area contributed by atoms with Crippen molar-refractivity contribution >= 4 is 12.2 Å². The van der Waals surface area contributed by atoms with E-state index in [2.05, 4.69) is 15.4 Å². The number of hydrazine groups is 1. The SMILES string of the molecule is C1=CC2=NCNN2C=N1. The quantitative estimate of drug-likeness (QED) is 0.480. The van der Waals surface area contributed by atoms with Crippen LogP contribution >= 0.6 is 0 Å². The molecule has 0 amide bonds. The zero-order valence-corrected chi connectivity index (χ0v) is 4.78. The normalized spacial score (nSPS) is 22.2. The van der Waals surface area contributed by atoms with Gasteiger partial charge in [0.25, 0.3) is 0 Å². The predicted octanol–water partition coefficient (Wildman–Crippen LogP) is -0.282. The van der Waals surface area contributed by atoms with E-state index in [1.807, 2.05) is 6.08 Å². The highest BCUT2D eigenvalue weighted by Gasteiger charge is 2.12. The molecular weight excluding hydrogens is 116 g/mol. The van der Waals surface area contributed by atoms with Gasteiger partial charge >= 0.3 is 0 Å². The predicted molar refractivity (Wildman–Crippen MR) is 34.9 cm³/mol. The second-order valence-electron chi connectivity index (χ2n) is 1.78. The van der Waals surface area contributed by atoms with Crippen LogP contribution in [0.15, 0.2) is 22.3 Å². The first-order valence-corrected chi connectivity index (χ1v) is 2.74. The van der Waals surface area contributed by atoms with E-state index in [9.17, 15) is 0 Å². The molecule has 0 fully saturated rings. The van der Waals surface area contributed by atoms with Crippen molar-refractivity contribution in [2.75, 3.05) is 6.67 Å². The maximum atomic E-state index is 4.11. The van der Waals surface area contributed by atoms with Crippen molar-refractivity contribution in [2.45, 2.75) is 0 Å². The Hall–Kier alpha value is -1.16. The first kappa shape index (κ1) is 4.69. The molecule has 4 nitrogen and oxygen atoms in total. The van der Waals surface area contributed by atoms with Gasteiger partial charge in [0.1, 0.15) is 18.8 Å². The van der Waals surface area contributed by atoms with Gasteiger partial charge in [-0.2, -0.15) is 0 Å². The molecule has 0 saturated carbocycles. The van der Waals surface area contributed by atoms with Crippen molar-refractivity contribution < 1.29 is 0 Å². The summed E-state index contributed by atoms with van der Waals surface area (Å²) in [4.78, 5) is 8.01. The molecule has 2 heterocycles. The van der Waals surface area contributed by atoms with E-state index < -0.39 is 0 Å². The molecule has 0 aromatic carbocycles. The van der Waals surface area contributed by atoms with Gasteiger partial charge in [-0.1, -0.05) is 0 Å². The molecule has 9 heavy (non-hydrogen) atoms. The number of hydrogen-bond donors (Lipinski definition) is 1. The Labute approximate surface area is 52.6 Å². The molecule has 0 aromatic rings. The molecule has 0 spiro atoms. The van der Waals surface area contributed by atoms with E-state index in [4.69, 9.17) is 0 Å². The summed E-state index contributed by atoms with van der Waals surface area (Å²) in [5.41, 5.74) is 2.99. The van der Waals surface area contributed by atoms with Crippen LogP contribution in [0.25, 0.3) is 0 Å². The van der Waals surface area contributed by atoms with E-state index in [0.29, 0.717) is 6.67 Å². The highest BCUT2D eigenvalue weighted by Crippen LogP contribution is 1.98. The first-order chi connectivity index (χ1) is 4.47. The number of rotatable bonds is 0. The highest BCUT2D eigenvalue weighted by molar-refractivity contribution is 6.01. The maximum Gasteiger partial charge on any atom is 0.146 e. The molecule has 2 aliphatic heterocycles. The Morgan fingerprint density at radius 3 is 3.56 bits per heavy atom. The Bertz CT molecular complexity index is 200. The van der Waals surface area contributed by atoms with Crippen LogP contribution in [0.2, 0.25) is 0 Å². The molecule has 0 aliphatic carbocycles. The van der Waals surface area contributed by atoms with Gasteiger partial charge in [0.2, 0.25) is 0 Å². The summed E-state index contributed by atoms with van der Waals surface area (Å²) >= 11 is 0. The number of aliphatic imine (C=N–C) groups is 2. The van der Waals surface area contributed by atoms with Crippen molar-refractivity contribution in [1.29, 1.82) is 0 Å². The van der Waals surface area contributed by atoms with Gasteiger partial charge in [0.15, 0.2) is 0 Å². The first-order valence-electron chi connectivity index (χ1n) is 2.74. The molecule has 1 N–H and O–H groups in total. The standard InChI is InChI=1S/C5H6N4/c1-2-6-4-9-5(1)7-3-8-9/h1-2,4,8H,3H2. The molecular formula is C5H6N4. The fraction of sp³-hybridized carbons (Fsp3) is 0.200. The second kappa shape index (κ2) is 1.66. The lowest BCUT2D eigenvalue weighted by Crippen LogP contribution is -2.35. The number of nitrogens with zero attached hydrogens (tertiary/aromatic N) is 3. The van der Waals surface area contributed by atoms with Gasteiger partial charge in [0.05, 0.1) is 0 Å². The minimum atomic E-state index is 0.658. The summed E-state index contributed by atoms with van der Waals surface area (Å²) in [6.45, 7) is 0.658. The van der Waals surface area contributed by atoms with Crippen LogP contribution in [0.3, 0.4) is 0 Å². The van der Waals surface area contributed by atoms with E-state index in [-0.39, 0.29) is 0 Å². The maximum absolute atomic E-state index is 4.11. The fourth-order valence-electron chi connectivity index (χ4n) is 0.798. The minimum absolute atomic E-state index is 0.658. The zero-order chi connectivity index (χ0) is 6.10. The second-order valence-corrected chi connectivity index (χ2v) is 1.78. The summed E-state index contributed by atoms with van der Waals surface area (Å²) in [5, 5.41) is 1.79. The van der Waals surface area contributed by atoms with Gasteiger partial charge in [-0.25, -0.2) is 20.4 Å². The lowest BCUT2D eigenvalue weighted by atomic mass is 10.5. The molecule has 0 aromatic heterocycles. The Balaban J connectivity index is 2.33. The number of hydrogen-bond acceptors (Lipinski definition) is 4. The Morgan fingerprint density at radius 2 is 2.67 bits per heavy atom. The van der Waals surface area contributed by atoms with Gasteiger partial charge in [0, 0.05) is 12.3 Å². The molecule has 0 saturated heterocycles. The molecule has 4 heteroatoms.